The SMILES string of the molecule is CCCCO[C@H]1C[C@H](N(C)CC)C1. The van der Waals surface area contributed by atoms with Crippen LogP contribution in [0.2, 0.25) is 0 Å². The second-order valence-electron chi connectivity index (χ2n) is 4.04. The Bertz CT molecular complexity index is 132. The van der Waals surface area contributed by atoms with E-state index in [1.54, 1.807) is 0 Å². The van der Waals surface area contributed by atoms with Crippen molar-refractivity contribution in [3.8, 4) is 0 Å². The van der Waals surface area contributed by atoms with Gasteiger partial charge in [0.05, 0.1) is 6.10 Å². The summed E-state index contributed by atoms with van der Waals surface area (Å²) in [6, 6.07) is 0.789. The Labute approximate surface area is 82.3 Å². The van der Waals surface area contributed by atoms with E-state index < -0.39 is 0 Å². The fourth-order valence-corrected chi connectivity index (χ4v) is 1.69. The van der Waals surface area contributed by atoms with Crippen LogP contribution in [0.3, 0.4) is 0 Å². The van der Waals surface area contributed by atoms with E-state index in [0.29, 0.717) is 6.10 Å². The topological polar surface area (TPSA) is 12.5 Å². The molecule has 0 saturated heterocycles. The van der Waals surface area contributed by atoms with Crippen LogP contribution in [0, 0.1) is 0 Å². The van der Waals surface area contributed by atoms with E-state index >= 15 is 0 Å². The second kappa shape index (κ2) is 5.61. The van der Waals surface area contributed by atoms with E-state index in [1.807, 2.05) is 0 Å². The molecule has 0 atom stereocenters. The molecule has 0 bridgehead atoms. The standard InChI is InChI=1S/C11H23NO/c1-4-6-7-13-11-8-10(9-11)12(3)5-2/h10-11H,4-9H2,1-3H3/t10-,11-. The molecule has 0 aromatic rings. The predicted molar refractivity (Wildman–Crippen MR) is 56.0 cm³/mol. The fraction of sp³-hybridized carbons (Fsp3) is 1.00. The maximum atomic E-state index is 5.72. The van der Waals surface area contributed by atoms with Crippen LogP contribution in [0.5, 0.6) is 0 Å². The van der Waals surface area contributed by atoms with Crippen molar-refractivity contribution in [1.29, 1.82) is 0 Å². The second-order valence-corrected chi connectivity index (χ2v) is 4.04. The average molecular weight is 185 g/mol. The van der Waals surface area contributed by atoms with Gasteiger partial charge in [0.25, 0.3) is 0 Å². The van der Waals surface area contributed by atoms with Crippen LogP contribution in [0.1, 0.15) is 39.5 Å². The van der Waals surface area contributed by atoms with Crippen LogP contribution >= 0.6 is 0 Å². The van der Waals surface area contributed by atoms with Crippen LogP contribution in [-0.4, -0.2) is 37.2 Å². The van der Waals surface area contributed by atoms with Crippen molar-refractivity contribution in [1.82, 2.24) is 4.90 Å². The zero-order valence-electron chi connectivity index (χ0n) is 9.25. The van der Waals surface area contributed by atoms with Gasteiger partial charge in [-0.25, -0.2) is 0 Å². The highest BCUT2D eigenvalue weighted by atomic mass is 16.5. The monoisotopic (exact) mass is 185 g/mol. The molecule has 0 spiro atoms. The fourth-order valence-electron chi connectivity index (χ4n) is 1.69. The smallest absolute Gasteiger partial charge is 0.0605 e. The molecule has 1 aliphatic rings. The van der Waals surface area contributed by atoms with E-state index in [4.69, 9.17) is 4.74 Å². The molecule has 13 heavy (non-hydrogen) atoms. The van der Waals surface area contributed by atoms with Gasteiger partial charge in [0.15, 0.2) is 0 Å². The normalized spacial score (nSPS) is 27.7. The van der Waals surface area contributed by atoms with Crippen molar-refractivity contribution in [2.75, 3.05) is 20.2 Å². The van der Waals surface area contributed by atoms with Gasteiger partial charge < -0.3 is 9.64 Å². The third-order valence-electron chi connectivity index (χ3n) is 3.04. The van der Waals surface area contributed by atoms with Gasteiger partial charge in [-0.1, -0.05) is 20.3 Å². The minimum absolute atomic E-state index is 0.561. The summed E-state index contributed by atoms with van der Waals surface area (Å²) < 4.78 is 5.72. The van der Waals surface area contributed by atoms with Crippen molar-refractivity contribution in [3.63, 3.8) is 0 Å². The molecule has 0 heterocycles. The minimum atomic E-state index is 0.561. The summed E-state index contributed by atoms with van der Waals surface area (Å²) >= 11 is 0. The number of nitrogens with zero attached hydrogens (tertiary/aromatic N) is 1. The van der Waals surface area contributed by atoms with Crippen LogP contribution in [0.15, 0.2) is 0 Å². The summed E-state index contributed by atoms with van der Waals surface area (Å²) in [5.74, 6) is 0. The molecule has 78 valence electrons. The van der Waals surface area contributed by atoms with Gasteiger partial charge in [-0.3, -0.25) is 0 Å². The lowest BCUT2D eigenvalue weighted by molar-refractivity contribution is -0.0447. The Morgan fingerprint density at radius 3 is 2.54 bits per heavy atom. The van der Waals surface area contributed by atoms with E-state index in [0.717, 1.165) is 19.2 Å². The molecule has 1 aliphatic carbocycles. The van der Waals surface area contributed by atoms with Crippen molar-refractivity contribution in [3.05, 3.63) is 0 Å². The summed E-state index contributed by atoms with van der Waals surface area (Å²) in [7, 11) is 2.20. The lowest BCUT2D eigenvalue weighted by Gasteiger charge is -2.40. The number of ether oxygens (including phenoxy) is 1. The quantitative estimate of drug-likeness (QED) is 0.589. The first-order chi connectivity index (χ1) is 6.27. The molecule has 0 N–H and O–H groups in total. The molecule has 1 rings (SSSR count). The highest BCUT2D eigenvalue weighted by Crippen LogP contribution is 2.27. The Hall–Kier alpha value is -0.0800. The first-order valence-electron chi connectivity index (χ1n) is 5.59. The summed E-state index contributed by atoms with van der Waals surface area (Å²) in [5, 5.41) is 0. The van der Waals surface area contributed by atoms with Gasteiger partial charge in [-0.2, -0.15) is 0 Å². The zero-order valence-corrected chi connectivity index (χ0v) is 9.25. The van der Waals surface area contributed by atoms with Gasteiger partial charge in [-0.05, 0) is 32.9 Å². The van der Waals surface area contributed by atoms with E-state index in [-0.39, 0.29) is 0 Å². The first-order valence-corrected chi connectivity index (χ1v) is 5.59. The van der Waals surface area contributed by atoms with Gasteiger partial charge in [0, 0.05) is 12.6 Å². The molecule has 0 aromatic carbocycles. The first kappa shape index (κ1) is 11.0. The Balaban J connectivity index is 1.98. The van der Waals surface area contributed by atoms with Crippen molar-refractivity contribution in [2.45, 2.75) is 51.7 Å². The molecule has 0 unspecified atom stereocenters. The third-order valence-corrected chi connectivity index (χ3v) is 3.04. The van der Waals surface area contributed by atoms with E-state index in [1.165, 1.54) is 25.7 Å². The number of hydrogen-bond donors (Lipinski definition) is 0. The highest BCUT2D eigenvalue weighted by Gasteiger charge is 2.31. The van der Waals surface area contributed by atoms with Crippen LogP contribution in [0.25, 0.3) is 0 Å². The molecule has 2 nitrogen and oxygen atoms in total. The molecular weight excluding hydrogens is 162 g/mol. The number of unbranched alkanes of at least 4 members (excludes halogenated alkanes) is 1. The van der Waals surface area contributed by atoms with Gasteiger partial charge >= 0.3 is 0 Å². The lowest BCUT2D eigenvalue weighted by atomic mass is 9.88. The molecule has 0 aromatic heterocycles. The van der Waals surface area contributed by atoms with Gasteiger partial charge in [0.2, 0.25) is 0 Å². The van der Waals surface area contributed by atoms with Crippen LogP contribution in [-0.2, 0) is 4.74 Å². The van der Waals surface area contributed by atoms with Crippen LogP contribution < -0.4 is 0 Å². The number of hydrogen-bond acceptors (Lipinski definition) is 2. The predicted octanol–water partition coefficient (Wildman–Crippen LogP) is 2.29. The van der Waals surface area contributed by atoms with Crippen molar-refractivity contribution >= 4 is 0 Å². The number of rotatable bonds is 6. The molecule has 1 saturated carbocycles. The highest BCUT2D eigenvalue weighted by molar-refractivity contribution is 4.86. The largest absolute Gasteiger partial charge is 0.378 e. The molecule has 0 amide bonds. The van der Waals surface area contributed by atoms with Crippen molar-refractivity contribution < 1.29 is 4.74 Å². The summed E-state index contributed by atoms with van der Waals surface area (Å²) in [6.45, 7) is 6.54. The molecule has 0 aliphatic heterocycles. The maximum absolute atomic E-state index is 5.72. The van der Waals surface area contributed by atoms with Crippen LogP contribution in [0.4, 0.5) is 0 Å². The zero-order chi connectivity index (χ0) is 9.68. The lowest BCUT2D eigenvalue weighted by Crippen LogP contribution is -2.46. The molecule has 1 fully saturated rings. The Morgan fingerprint density at radius 2 is 2.00 bits per heavy atom. The molecular formula is C11H23NO. The summed E-state index contributed by atoms with van der Waals surface area (Å²) in [5.41, 5.74) is 0. The van der Waals surface area contributed by atoms with Gasteiger partial charge in [0.1, 0.15) is 0 Å². The Morgan fingerprint density at radius 1 is 1.31 bits per heavy atom. The molecule has 2 heteroatoms. The van der Waals surface area contributed by atoms with E-state index in [2.05, 4.69) is 25.8 Å². The van der Waals surface area contributed by atoms with E-state index in [9.17, 15) is 0 Å². The molecule has 0 radical (unpaired) electrons. The summed E-state index contributed by atoms with van der Waals surface area (Å²) in [6.07, 6.45) is 5.50. The Kier molecular flexibility index (Phi) is 4.74. The maximum Gasteiger partial charge on any atom is 0.0605 e. The summed E-state index contributed by atoms with van der Waals surface area (Å²) in [4.78, 5) is 2.42. The average Bonchev–Trinajstić information content (AvgIpc) is 2.08. The van der Waals surface area contributed by atoms with Gasteiger partial charge in [-0.15, -0.1) is 0 Å². The van der Waals surface area contributed by atoms with Crippen molar-refractivity contribution in [2.24, 2.45) is 0 Å². The minimum Gasteiger partial charge on any atom is -0.378 e. The third kappa shape index (κ3) is 3.28.